The highest BCUT2D eigenvalue weighted by molar-refractivity contribution is 6.06. The highest BCUT2D eigenvalue weighted by Crippen LogP contribution is 2.30. The summed E-state index contributed by atoms with van der Waals surface area (Å²) in [6.45, 7) is 14.6. The number of amides is 2. The number of nitrogens with one attached hydrogen (secondary N) is 2. The summed E-state index contributed by atoms with van der Waals surface area (Å²) in [6, 6.07) is 13.1. The van der Waals surface area contributed by atoms with Gasteiger partial charge >= 0.3 is 0 Å². The second-order valence-corrected chi connectivity index (χ2v) is 11.3. The smallest absolute Gasteiger partial charge is 0.259 e. The van der Waals surface area contributed by atoms with E-state index in [0.29, 0.717) is 34.9 Å². The number of benzene rings is 2. The number of aryl methyl sites for hydroxylation is 1. The van der Waals surface area contributed by atoms with Crippen LogP contribution in [0.15, 0.2) is 47.0 Å². The first-order chi connectivity index (χ1) is 16.8. The van der Waals surface area contributed by atoms with Crippen LogP contribution in [0.2, 0.25) is 0 Å². The standard InChI is InChI=1S/C29H37N3O4/c1-18-9-11-20(31-27(34)23-13-19(29(5,6)7)10-12-25(23)35-8)14-22(18)24-15-21(36-32-24)17-30-26(33)16-28(2,3)4/h9-15H,16-17H2,1-8H3,(H,30,33)(H,31,34). The maximum absolute atomic E-state index is 13.2. The summed E-state index contributed by atoms with van der Waals surface area (Å²) < 4.78 is 10.9. The van der Waals surface area contributed by atoms with E-state index >= 15 is 0 Å². The number of hydrogen-bond donors (Lipinski definition) is 2. The lowest BCUT2D eigenvalue weighted by atomic mass is 9.86. The Morgan fingerprint density at radius 3 is 2.36 bits per heavy atom. The third-order valence-electron chi connectivity index (χ3n) is 5.79. The van der Waals surface area contributed by atoms with Gasteiger partial charge in [-0.25, -0.2) is 0 Å². The van der Waals surface area contributed by atoms with Crippen molar-refractivity contribution in [3.8, 4) is 17.0 Å². The molecule has 7 heteroatoms. The van der Waals surface area contributed by atoms with Crippen LogP contribution in [0.4, 0.5) is 5.69 Å². The van der Waals surface area contributed by atoms with E-state index in [4.69, 9.17) is 9.26 Å². The molecule has 0 bridgehead atoms. The number of anilines is 1. The average Bonchev–Trinajstić information content (AvgIpc) is 3.25. The molecule has 0 unspecified atom stereocenters. The molecule has 1 heterocycles. The van der Waals surface area contributed by atoms with Crippen LogP contribution in [0.1, 0.15) is 75.2 Å². The maximum atomic E-state index is 13.2. The van der Waals surface area contributed by atoms with Crippen LogP contribution in [0.5, 0.6) is 5.75 Å². The van der Waals surface area contributed by atoms with Crippen LogP contribution in [-0.4, -0.2) is 24.1 Å². The summed E-state index contributed by atoms with van der Waals surface area (Å²) in [4.78, 5) is 25.3. The normalized spacial score (nSPS) is 11.8. The molecule has 0 saturated carbocycles. The topological polar surface area (TPSA) is 93.5 Å². The molecule has 0 fully saturated rings. The number of ether oxygens (including phenoxy) is 1. The van der Waals surface area contributed by atoms with Crippen molar-refractivity contribution in [1.29, 1.82) is 0 Å². The highest BCUT2D eigenvalue weighted by Gasteiger charge is 2.20. The predicted molar refractivity (Wildman–Crippen MR) is 142 cm³/mol. The molecule has 0 aliphatic carbocycles. The molecule has 3 aromatic rings. The van der Waals surface area contributed by atoms with Gasteiger partial charge < -0.3 is 19.9 Å². The molecule has 0 spiro atoms. The molecule has 7 nitrogen and oxygen atoms in total. The molecule has 2 amide bonds. The second kappa shape index (κ2) is 10.6. The van der Waals surface area contributed by atoms with Crippen molar-refractivity contribution >= 4 is 17.5 Å². The first-order valence-electron chi connectivity index (χ1n) is 12.1. The summed E-state index contributed by atoms with van der Waals surface area (Å²) in [5.41, 5.74) is 4.41. The predicted octanol–water partition coefficient (Wildman–Crippen LogP) is 6.26. The second-order valence-electron chi connectivity index (χ2n) is 11.3. The molecule has 3 rings (SSSR count). The van der Waals surface area contributed by atoms with Crippen molar-refractivity contribution < 1.29 is 18.8 Å². The molecule has 1 aromatic heterocycles. The van der Waals surface area contributed by atoms with Crippen LogP contribution in [0.25, 0.3) is 11.3 Å². The number of carbonyl (C=O) groups is 2. The molecular formula is C29H37N3O4. The third kappa shape index (κ3) is 6.97. The Labute approximate surface area is 213 Å². The van der Waals surface area contributed by atoms with Crippen LogP contribution >= 0.6 is 0 Å². The molecule has 0 saturated heterocycles. The average molecular weight is 492 g/mol. The molecule has 2 N–H and O–H groups in total. The van der Waals surface area contributed by atoms with Gasteiger partial charge in [0.05, 0.1) is 19.2 Å². The number of hydrogen-bond acceptors (Lipinski definition) is 5. The minimum absolute atomic E-state index is 0.0349. The number of nitrogens with zero attached hydrogens (tertiary/aromatic N) is 1. The van der Waals surface area contributed by atoms with Gasteiger partial charge in [0.25, 0.3) is 5.91 Å². The van der Waals surface area contributed by atoms with E-state index in [1.807, 2.05) is 64.1 Å². The Hall–Kier alpha value is -3.61. The fourth-order valence-corrected chi connectivity index (χ4v) is 3.78. The minimum Gasteiger partial charge on any atom is -0.496 e. The van der Waals surface area contributed by atoms with E-state index in [2.05, 4.69) is 36.6 Å². The number of carbonyl (C=O) groups excluding carboxylic acids is 2. The molecule has 0 atom stereocenters. The van der Waals surface area contributed by atoms with E-state index in [1.165, 1.54) is 0 Å². The lowest BCUT2D eigenvalue weighted by Crippen LogP contribution is -2.26. The Morgan fingerprint density at radius 1 is 1.00 bits per heavy atom. The van der Waals surface area contributed by atoms with E-state index in [9.17, 15) is 9.59 Å². The molecule has 192 valence electrons. The van der Waals surface area contributed by atoms with Crippen LogP contribution in [-0.2, 0) is 16.8 Å². The lowest BCUT2D eigenvalue weighted by Gasteiger charge is -2.21. The van der Waals surface area contributed by atoms with Crippen molar-refractivity contribution in [1.82, 2.24) is 10.5 Å². The van der Waals surface area contributed by atoms with Gasteiger partial charge in [-0.05, 0) is 53.1 Å². The Morgan fingerprint density at radius 2 is 1.72 bits per heavy atom. The molecule has 0 radical (unpaired) electrons. The van der Waals surface area contributed by atoms with Gasteiger partial charge in [0.2, 0.25) is 5.91 Å². The van der Waals surface area contributed by atoms with Gasteiger partial charge in [-0.1, -0.05) is 58.8 Å². The Kier molecular flexibility index (Phi) is 7.92. The summed E-state index contributed by atoms with van der Waals surface area (Å²) in [6.07, 6.45) is 0.429. The van der Waals surface area contributed by atoms with Crippen molar-refractivity contribution in [2.24, 2.45) is 5.41 Å². The van der Waals surface area contributed by atoms with Crippen molar-refractivity contribution in [2.75, 3.05) is 12.4 Å². The first-order valence-corrected chi connectivity index (χ1v) is 12.1. The minimum atomic E-state index is -0.254. The fourth-order valence-electron chi connectivity index (χ4n) is 3.78. The summed E-state index contributed by atoms with van der Waals surface area (Å²) in [5, 5.41) is 10.0. The summed E-state index contributed by atoms with van der Waals surface area (Å²) in [5.74, 6) is 0.787. The van der Waals surface area contributed by atoms with Gasteiger partial charge in [-0.15, -0.1) is 0 Å². The zero-order valence-electron chi connectivity index (χ0n) is 22.5. The molecular weight excluding hydrogens is 454 g/mol. The molecule has 0 aliphatic heterocycles. The van der Waals surface area contributed by atoms with E-state index in [-0.39, 0.29) is 29.2 Å². The monoisotopic (exact) mass is 491 g/mol. The maximum Gasteiger partial charge on any atom is 0.259 e. The van der Waals surface area contributed by atoms with Gasteiger partial charge in [0.15, 0.2) is 5.76 Å². The van der Waals surface area contributed by atoms with Crippen molar-refractivity contribution in [2.45, 2.75) is 66.8 Å². The van der Waals surface area contributed by atoms with E-state index < -0.39 is 0 Å². The fraction of sp³-hybridized carbons (Fsp3) is 0.414. The third-order valence-corrected chi connectivity index (χ3v) is 5.79. The number of aromatic nitrogens is 1. The van der Waals surface area contributed by atoms with Gasteiger partial charge in [0, 0.05) is 23.7 Å². The van der Waals surface area contributed by atoms with Crippen molar-refractivity contribution in [3.05, 3.63) is 64.9 Å². The van der Waals surface area contributed by atoms with Crippen LogP contribution in [0, 0.1) is 12.3 Å². The number of methoxy groups -OCH3 is 1. The van der Waals surface area contributed by atoms with E-state index in [0.717, 1.165) is 16.7 Å². The zero-order chi connectivity index (χ0) is 26.7. The van der Waals surface area contributed by atoms with E-state index in [1.54, 1.807) is 13.2 Å². The van der Waals surface area contributed by atoms with Gasteiger partial charge in [-0.3, -0.25) is 9.59 Å². The first kappa shape index (κ1) is 27.0. The van der Waals surface area contributed by atoms with Crippen molar-refractivity contribution in [3.63, 3.8) is 0 Å². The summed E-state index contributed by atoms with van der Waals surface area (Å²) in [7, 11) is 1.56. The lowest BCUT2D eigenvalue weighted by molar-refractivity contribution is -0.123. The van der Waals surface area contributed by atoms with Crippen LogP contribution < -0.4 is 15.4 Å². The SMILES string of the molecule is COc1ccc(C(C)(C)C)cc1C(=O)Nc1ccc(C)c(-c2cc(CNC(=O)CC(C)(C)C)on2)c1. The Balaban J connectivity index is 1.78. The molecule has 2 aromatic carbocycles. The number of rotatable bonds is 7. The van der Waals surface area contributed by atoms with Crippen LogP contribution in [0.3, 0.4) is 0 Å². The van der Waals surface area contributed by atoms with Gasteiger partial charge in [0.1, 0.15) is 11.4 Å². The molecule has 36 heavy (non-hydrogen) atoms. The highest BCUT2D eigenvalue weighted by atomic mass is 16.5. The molecule has 0 aliphatic rings. The van der Waals surface area contributed by atoms with Gasteiger partial charge in [-0.2, -0.15) is 0 Å². The quantitative estimate of drug-likeness (QED) is 0.407. The summed E-state index contributed by atoms with van der Waals surface area (Å²) >= 11 is 0. The largest absolute Gasteiger partial charge is 0.496 e. The zero-order valence-corrected chi connectivity index (χ0v) is 22.5. The Bertz CT molecular complexity index is 1250.